The molecule has 0 amide bonds. The Balaban J connectivity index is 3.23. The smallest absolute Gasteiger partial charge is 0.342 e. The van der Waals surface area contributed by atoms with E-state index < -0.39 is 11.7 Å². The molecule has 98 valence electrons. The second-order valence-corrected chi connectivity index (χ2v) is 3.91. The van der Waals surface area contributed by atoms with Crippen molar-refractivity contribution in [2.24, 2.45) is 0 Å². The van der Waals surface area contributed by atoms with Crippen LogP contribution in [0.25, 0.3) is 0 Å². The second-order valence-electron chi connectivity index (χ2n) is 3.91. The minimum absolute atomic E-state index is 0.00667. The highest BCUT2D eigenvalue weighted by molar-refractivity contribution is 6.08. The van der Waals surface area contributed by atoms with Crippen molar-refractivity contribution in [1.29, 1.82) is 0 Å². The first-order chi connectivity index (χ1) is 8.51. The van der Waals surface area contributed by atoms with E-state index in [2.05, 4.69) is 4.74 Å². The van der Waals surface area contributed by atoms with Gasteiger partial charge in [0.05, 0.1) is 7.11 Å². The van der Waals surface area contributed by atoms with Gasteiger partial charge in [-0.1, -0.05) is 13.3 Å². The predicted octanol–water partition coefficient (Wildman–Crippen LogP) is 2.26. The first kappa shape index (κ1) is 14.0. The molecule has 0 aliphatic rings. The average Bonchev–Trinajstić information content (AvgIpc) is 2.34. The molecule has 0 aliphatic carbocycles. The Hall–Kier alpha value is -2.04. The first-order valence-corrected chi connectivity index (χ1v) is 5.68. The number of phenols is 2. The van der Waals surface area contributed by atoms with Crippen molar-refractivity contribution in [3.63, 3.8) is 0 Å². The van der Waals surface area contributed by atoms with E-state index in [0.29, 0.717) is 6.42 Å². The SMILES string of the molecule is CCCCC(=O)c1cc(O)cc(O)c1C(=O)OC. The highest BCUT2D eigenvalue weighted by atomic mass is 16.5. The van der Waals surface area contributed by atoms with E-state index in [1.54, 1.807) is 0 Å². The molecule has 0 saturated carbocycles. The monoisotopic (exact) mass is 252 g/mol. The number of hydrogen-bond acceptors (Lipinski definition) is 5. The number of rotatable bonds is 5. The van der Waals surface area contributed by atoms with Crippen LogP contribution in [0.3, 0.4) is 0 Å². The van der Waals surface area contributed by atoms with Crippen molar-refractivity contribution in [1.82, 2.24) is 0 Å². The van der Waals surface area contributed by atoms with E-state index in [4.69, 9.17) is 0 Å². The molecule has 1 rings (SSSR count). The topological polar surface area (TPSA) is 83.8 Å². The van der Waals surface area contributed by atoms with Crippen LogP contribution in [-0.4, -0.2) is 29.1 Å². The van der Waals surface area contributed by atoms with E-state index >= 15 is 0 Å². The van der Waals surface area contributed by atoms with Gasteiger partial charge in [0.15, 0.2) is 5.78 Å². The van der Waals surface area contributed by atoms with Crippen LogP contribution in [0.1, 0.15) is 46.9 Å². The third-order valence-electron chi connectivity index (χ3n) is 2.55. The Kier molecular flexibility index (Phi) is 4.71. The van der Waals surface area contributed by atoms with Gasteiger partial charge in [0.2, 0.25) is 0 Å². The molecule has 0 bridgehead atoms. The summed E-state index contributed by atoms with van der Waals surface area (Å²) in [4.78, 5) is 23.4. The molecule has 0 aromatic heterocycles. The standard InChI is InChI=1S/C13H16O5/c1-3-4-5-10(15)9-6-8(14)7-11(16)12(9)13(17)18-2/h6-7,14,16H,3-5H2,1-2H3. The molecule has 0 saturated heterocycles. The maximum absolute atomic E-state index is 11.9. The fourth-order valence-corrected chi connectivity index (χ4v) is 1.62. The molecular formula is C13H16O5. The van der Waals surface area contributed by atoms with Crippen molar-refractivity contribution in [2.75, 3.05) is 7.11 Å². The van der Waals surface area contributed by atoms with Crippen LogP contribution < -0.4 is 0 Å². The van der Waals surface area contributed by atoms with Gasteiger partial charge >= 0.3 is 5.97 Å². The Labute approximate surface area is 105 Å². The van der Waals surface area contributed by atoms with Gasteiger partial charge in [0, 0.05) is 18.1 Å². The summed E-state index contributed by atoms with van der Waals surface area (Å²) in [5, 5.41) is 19.0. The van der Waals surface area contributed by atoms with Crippen molar-refractivity contribution < 1.29 is 24.5 Å². The Morgan fingerprint density at radius 3 is 2.50 bits per heavy atom. The Bertz CT molecular complexity index is 465. The lowest BCUT2D eigenvalue weighted by molar-refractivity contribution is 0.0593. The zero-order valence-corrected chi connectivity index (χ0v) is 10.4. The van der Waals surface area contributed by atoms with E-state index in [9.17, 15) is 19.8 Å². The van der Waals surface area contributed by atoms with Crippen molar-refractivity contribution in [3.05, 3.63) is 23.3 Å². The summed E-state index contributed by atoms with van der Waals surface area (Å²) in [5.41, 5.74) is -0.204. The normalized spacial score (nSPS) is 10.1. The zero-order valence-electron chi connectivity index (χ0n) is 10.4. The fraction of sp³-hybridized carbons (Fsp3) is 0.385. The largest absolute Gasteiger partial charge is 0.508 e. The fourth-order valence-electron chi connectivity index (χ4n) is 1.62. The van der Waals surface area contributed by atoms with Crippen LogP contribution >= 0.6 is 0 Å². The number of ether oxygens (including phenoxy) is 1. The maximum Gasteiger partial charge on any atom is 0.342 e. The summed E-state index contributed by atoms with van der Waals surface area (Å²) >= 11 is 0. The summed E-state index contributed by atoms with van der Waals surface area (Å²) in [6, 6.07) is 2.17. The Morgan fingerprint density at radius 2 is 1.94 bits per heavy atom. The molecule has 0 atom stereocenters. The van der Waals surface area contributed by atoms with Crippen molar-refractivity contribution in [2.45, 2.75) is 26.2 Å². The number of esters is 1. The summed E-state index contributed by atoms with van der Waals surface area (Å²) in [5.74, 6) is -1.82. The van der Waals surface area contributed by atoms with E-state index in [1.807, 2.05) is 6.92 Å². The van der Waals surface area contributed by atoms with Crippen LogP contribution in [0.5, 0.6) is 11.5 Å². The minimum atomic E-state index is -0.799. The number of Topliss-reactive ketones (excluding diaryl/α,β-unsaturated/α-hetero) is 1. The molecule has 1 aromatic carbocycles. The second kappa shape index (κ2) is 6.05. The maximum atomic E-state index is 11.9. The number of carbonyl (C=O) groups is 2. The zero-order chi connectivity index (χ0) is 13.7. The highest BCUT2D eigenvalue weighted by Gasteiger charge is 2.22. The summed E-state index contributed by atoms with van der Waals surface area (Å²) < 4.78 is 4.52. The third kappa shape index (κ3) is 3.00. The van der Waals surface area contributed by atoms with Crippen LogP contribution in [0.4, 0.5) is 0 Å². The predicted molar refractivity (Wildman–Crippen MR) is 65.0 cm³/mol. The summed E-state index contributed by atoms with van der Waals surface area (Å²) in [7, 11) is 1.16. The molecule has 0 spiro atoms. The van der Waals surface area contributed by atoms with Gasteiger partial charge in [-0.3, -0.25) is 4.79 Å². The molecule has 18 heavy (non-hydrogen) atoms. The Morgan fingerprint density at radius 1 is 1.28 bits per heavy atom. The lowest BCUT2D eigenvalue weighted by Gasteiger charge is -2.09. The van der Waals surface area contributed by atoms with Crippen LogP contribution in [0.2, 0.25) is 0 Å². The number of hydrogen-bond donors (Lipinski definition) is 2. The lowest BCUT2D eigenvalue weighted by atomic mass is 9.98. The molecule has 2 N–H and O–H groups in total. The average molecular weight is 252 g/mol. The van der Waals surface area contributed by atoms with Gasteiger partial charge in [-0.05, 0) is 12.5 Å². The molecule has 0 heterocycles. The molecule has 0 fully saturated rings. The van der Waals surface area contributed by atoms with Crippen molar-refractivity contribution >= 4 is 11.8 Å². The highest BCUT2D eigenvalue weighted by Crippen LogP contribution is 2.29. The van der Waals surface area contributed by atoms with Crippen molar-refractivity contribution in [3.8, 4) is 11.5 Å². The lowest BCUT2D eigenvalue weighted by Crippen LogP contribution is -2.11. The number of methoxy groups -OCH3 is 1. The van der Waals surface area contributed by atoms with E-state index in [1.165, 1.54) is 6.07 Å². The number of benzene rings is 1. The number of unbranched alkanes of at least 4 members (excludes halogenated alkanes) is 1. The van der Waals surface area contributed by atoms with Crippen LogP contribution in [-0.2, 0) is 4.74 Å². The van der Waals surface area contributed by atoms with Gasteiger partial charge in [0.1, 0.15) is 17.1 Å². The molecule has 5 heteroatoms. The quantitative estimate of drug-likeness (QED) is 0.620. The van der Waals surface area contributed by atoms with Gasteiger partial charge in [-0.25, -0.2) is 4.79 Å². The van der Waals surface area contributed by atoms with Gasteiger partial charge in [-0.2, -0.15) is 0 Å². The molecular weight excluding hydrogens is 236 g/mol. The summed E-state index contributed by atoms with van der Waals surface area (Å²) in [6.07, 6.45) is 1.77. The molecule has 5 nitrogen and oxygen atoms in total. The van der Waals surface area contributed by atoms with Crippen LogP contribution in [0, 0.1) is 0 Å². The van der Waals surface area contributed by atoms with E-state index in [-0.39, 0.29) is 29.1 Å². The summed E-state index contributed by atoms with van der Waals surface area (Å²) in [6.45, 7) is 1.94. The number of phenolic OH excluding ortho intramolecular Hbond substituents is 2. The number of aromatic hydroxyl groups is 2. The number of ketones is 1. The van der Waals surface area contributed by atoms with E-state index in [0.717, 1.165) is 19.6 Å². The van der Waals surface area contributed by atoms with Gasteiger partial charge < -0.3 is 14.9 Å². The molecule has 1 aromatic rings. The minimum Gasteiger partial charge on any atom is -0.508 e. The molecule has 0 unspecified atom stereocenters. The molecule has 0 radical (unpaired) electrons. The van der Waals surface area contributed by atoms with Gasteiger partial charge in [-0.15, -0.1) is 0 Å². The number of carbonyl (C=O) groups excluding carboxylic acids is 2. The van der Waals surface area contributed by atoms with Gasteiger partial charge in [0.25, 0.3) is 0 Å². The van der Waals surface area contributed by atoms with Crippen LogP contribution in [0.15, 0.2) is 12.1 Å². The first-order valence-electron chi connectivity index (χ1n) is 5.68. The third-order valence-corrected chi connectivity index (χ3v) is 2.55. The molecule has 0 aliphatic heterocycles.